The van der Waals surface area contributed by atoms with Gasteiger partial charge in [0.1, 0.15) is 6.54 Å². The van der Waals surface area contributed by atoms with Gasteiger partial charge in [-0.1, -0.05) is 19.1 Å². The molecule has 0 aliphatic carbocycles. The summed E-state index contributed by atoms with van der Waals surface area (Å²) < 4.78 is 11.1. The number of aryl methyl sites for hydroxylation is 1. The fourth-order valence-electron chi connectivity index (χ4n) is 4.06. The monoisotopic (exact) mass is 388 g/mol. The van der Waals surface area contributed by atoms with Crippen molar-refractivity contribution in [2.45, 2.75) is 51.2 Å². The quantitative estimate of drug-likeness (QED) is 0.363. The van der Waals surface area contributed by atoms with Crippen LogP contribution in [0.3, 0.4) is 0 Å². The molecule has 7 nitrogen and oxygen atoms in total. The molecule has 1 aromatic carbocycles. The van der Waals surface area contributed by atoms with E-state index in [1.54, 1.807) is 12.1 Å². The highest BCUT2D eigenvalue weighted by Gasteiger charge is 2.47. The van der Waals surface area contributed by atoms with Crippen molar-refractivity contribution in [3.8, 4) is 0 Å². The van der Waals surface area contributed by atoms with Gasteiger partial charge in [0.2, 0.25) is 0 Å². The van der Waals surface area contributed by atoms with E-state index in [9.17, 15) is 9.59 Å². The van der Waals surface area contributed by atoms with Crippen molar-refractivity contribution in [2.75, 3.05) is 13.2 Å². The summed E-state index contributed by atoms with van der Waals surface area (Å²) in [5.41, 5.74) is 4.21. The van der Waals surface area contributed by atoms with Crippen LogP contribution in [0.25, 0.3) is 0 Å². The van der Waals surface area contributed by atoms with Gasteiger partial charge >= 0.3 is 11.9 Å². The van der Waals surface area contributed by atoms with Gasteiger partial charge in [0.15, 0.2) is 0 Å². The number of nitrogens with one attached hydrogen (secondary N) is 1. The molecule has 2 aliphatic heterocycles. The number of hydrogen-bond acceptors (Lipinski definition) is 6. The fourth-order valence-corrected chi connectivity index (χ4v) is 4.06. The third-order valence-electron chi connectivity index (χ3n) is 5.48. The number of rotatable bonds is 10. The lowest BCUT2D eigenvalue weighted by molar-refractivity contribution is -0.142. The molecule has 4 unspecified atom stereocenters. The van der Waals surface area contributed by atoms with E-state index in [1.807, 2.05) is 25.3 Å². The lowest BCUT2D eigenvalue weighted by Gasteiger charge is -2.25. The molecule has 2 bridgehead atoms. The third kappa shape index (κ3) is 5.10. The van der Waals surface area contributed by atoms with Crippen LogP contribution >= 0.6 is 0 Å². The van der Waals surface area contributed by atoms with Crippen LogP contribution in [0.1, 0.15) is 48.5 Å². The largest absolute Gasteiger partial charge is 0.478 e. The van der Waals surface area contributed by atoms with Gasteiger partial charge in [-0.25, -0.2) is 4.79 Å². The van der Waals surface area contributed by atoms with Crippen molar-refractivity contribution >= 4 is 18.2 Å². The maximum atomic E-state index is 11.5. The van der Waals surface area contributed by atoms with Crippen molar-refractivity contribution in [3.63, 3.8) is 0 Å². The van der Waals surface area contributed by atoms with Gasteiger partial charge in [0.25, 0.3) is 0 Å². The first kappa shape index (κ1) is 20.3. The second kappa shape index (κ2) is 9.68. The molecule has 0 spiro atoms. The first-order chi connectivity index (χ1) is 13.6. The molecule has 0 saturated carbocycles. The number of ether oxygens (including phenoxy) is 2. The smallest absolute Gasteiger partial charge is 0.335 e. The minimum Gasteiger partial charge on any atom is -0.478 e. The Labute approximate surface area is 165 Å². The lowest BCUT2D eigenvalue weighted by Crippen LogP contribution is -2.30. The first-order valence-corrected chi connectivity index (χ1v) is 9.98. The third-order valence-corrected chi connectivity index (χ3v) is 5.48. The van der Waals surface area contributed by atoms with E-state index in [1.165, 1.54) is 0 Å². The van der Waals surface area contributed by atoms with Crippen molar-refractivity contribution in [1.82, 2.24) is 5.43 Å². The Morgan fingerprint density at radius 1 is 1.29 bits per heavy atom. The van der Waals surface area contributed by atoms with E-state index < -0.39 is 5.97 Å². The summed E-state index contributed by atoms with van der Waals surface area (Å²) in [5, 5.41) is 13.2. The zero-order valence-electron chi connectivity index (χ0n) is 16.2. The summed E-state index contributed by atoms with van der Waals surface area (Å²) in [4.78, 5) is 22.5. The van der Waals surface area contributed by atoms with Gasteiger partial charge in [0.05, 0.1) is 24.4 Å². The average molecular weight is 388 g/mol. The van der Waals surface area contributed by atoms with E-state index in [4.69, 9.17) is 14.6 Å². The van der Waals surface area contributed by atoms with E-state index in [-0.39, 0.29) is 30.6 Å². The second-order valence-electron chi connectivity index (χ2n) is 7.41. The maximum Gasteiger partial charge on any atom is 0.335 e. The Bertz CT molecular complexity index is 703. The molecule has 0 aromatic heterocycles. The minimum absolute atomic E-state index is 0.0682. The summed E-state index contributed by atoms with van der Waals surface area (Å²) in [6.07, 6.45) is 7.10. The molecule has 7 heteroatoms. The van der Waals surface area contributed by atoms with Crippen LogP contribution in [0, 0.1) is 11.8 Å². The van der Waals surface area contributed by atoms with Crippen molar-refractivity contribution in [3.05, 3.63) is 35.4 Å². The predicted molar refractivity (Wildman–Crippen MR) is 104 cm³/mol. The van der Waals surface area contributed by atoms with E-state index >= 15 is 0 Å². The van der Waals surface area contributed by atoms with E-state index in [0.29, 0.717) is 18.1 Å². The number of fused-ring (bicyclic) bond motifs is 2. The molecule has 2 aliphatic rings. The molecular formula is C21H28N2O5. The van der Waals surface area contributed by atoms with Crippen LogP contribution in [-0.4, -0.2) is 48.6 Å². The lowest BCUT2D eigenvalue weighted by atomic mass is 9.77. The van der Waals surface area contributed by atoms with Crippen LogP contribution in [0.15, 0.2) is 29.4 Å². The van der Waals surface area contributed by atoms with Gasteiger partial charge in [0, 0.05) is 12.1 Å². The van der Waals surface area contributed by atoms with Crippen molar-refractivity contribution in [1.29, 1.82) is 0 Å². The number of esters is 1. The molecule has 2 heterocycles. The summed E-state index contributed by atoms with van der Waals surface area (Å²) in [6, 6.07) is 7.05. The number of nitrogens with zero attached hydrogens (tertiary/aromatic N) is 1. The molecule has 0 radical (unpaired) electrons. The Hall–Kier alpha value is -2.41. The van der Waals surface area contributed by atoms with Gasteiger partial charge in [-0.2, -0.15) is 5.10 Å². The number of carboxylic acid groups (broad SMARTS) is 1. The highest BCUT2D eigenvalue weighted by Crippen LogP contribution is 2.44. The number of carbonyl (C=O) groups is 2. The van der Waals surface area contributed by atoms with Gasteiger partial charge in [-0.15, -0.1) is 0 Å². The predicted octanol–water partition coefficient (Wildman–Crippen LogP) is 2.64. The summed E-state index contributed by atoms with van der Waals surface area (Å²) >= 11 is 0. The molecule has 2 N–H and O–H groups in total. The molecular weight excluding hydrogens is 360 g/mol. The zero-order chi connectivity index (χ0) is 19.9. The average Bonchev–Trinajstić information content (AvgIpc) is 3.30. The summed E-state index contributed by atoms with van der Waals surface area (Å²) in [5.74, 6) is -0.591. The van der Waals surface area contributed by atoms with Crippen LogP contribution in [0.2, 0.25) is 0 Å². The first-order valence-electron chi connectivity index (χ1n) is 9.98. The van der Waals surface area contributed by atoms with E-state index in [2.05, 4.69) is 10.5 Å². The van der Waals surface area contributed by atoms with Crippen LogP contribution in [0.5, 0.6) is 0 Å². The maximum absolute atomic E-state index is 11.5. The van der Waals surface area contributed by atoms with Gasteiger partial charge in [-0.05, 0) is 55.7 Å². The number of aromatic carboxylic acids is 1. The van der Waals surface area contributed by atoms with Gasteiger partial charge in [-0.3, -0.25) is 10.2 Å². The number of carbonyl (C=O) groups excluding carboxylic acids is 1. The van der Waals surface area contributed by atoms with Gasteiger partial charge < -0.3 is 14.6 Å². The topological polar surface area (TPSA) is 97.2 Å². The van der Waals surface area contributed by atoms with Crippen molar-refractivity contribution in [2.24, 2.45) is 16.9 Å². The standard InChI is InChI=1S/C21H28N2O5/c1-2-11-27-20(24)13-23-22-12-17-16(18-9-10-19(17)28-18)8-5-14-3-6-15(7-4-14)21(25)26/h3-4,6-7,12,16-19,23H,2,5,8-11,13H2,1H3,(H,25,26). The molecule has 28 heavy (non-hydrogen) atoms. The molecule has 0 amide bonds. The molecule has 2 fully saturated rings. The molecule has 152 valence electrons. The highest BCUT2D eigenvalue weighted by molar-refractivity contribution is 5.87. The SMILES string of the molecule is CCCOC(=O)CNN=CC1C2CCC(O2)C1CCc1ccc(C(=O)O)cc1. The normalized spacial score (nSPS) is 25.9. The highest BCUT2D eigenvalue weighted by atomic mass is 16.5. The fraction of sp³-hybridized carbons (Fsp3) is 0.571. The van der Waals surface area contributed by atoms with Crippen LogP contribution < -0.4 is 5.43 Å². The number of carboxylic acids is 1. The Balaban J connectivity index is 1.50. The summed E-state index contributed by atoms with van der Waals surface area (Å²) in [7, 11) is 0. The molecule has 2 saturated heterocycles. The molecule has 3 rings (SSSR count). The van der Waals surface area contributed by atoms with Crippen LogP contribution in [0.4, 0.5) is 0 Å². The Morgan fingerprint density at radius 3 is 2.75 bits per heavy atom. The molecule has 4 atom stereocenters. The molecule has 1 aromatic rings. The zero-order valence-corrected chi connectivity index (χ0v) is 16.2. The number of hydrogen-bond donors (Lipinski definition) is 2. The minimum atomic E-state index is -0.907. The van der Waals surface area contributed by atoms with E-state index in [0.717, 1.165) is 37.7 Å². The van der Waals surface area contributed by atoms with Crippen LogP contribution in [-0.2, 0) is 20.7 Å². The summed E-state index contributed by atoms with van der Waals surface area (Å²) in [6.45, 7) is 2.45. The second-order valence-corrected chi connectivity index (χ2v) is 7.41. The van der Waals surface area contributed by atoms with Crippen molar-refractivity contribution < 1.29 is 24.2 Å². The Kier molecular flexibility index (Phi) is 7.03. The number of hydrazone groups is 1. The Morgan fingerprint density at radius 2 is 2.04 bits per heavy atom. The number of benzene rings is 1.